The molecule has 2 rings (SSSR count). The van der Waals surface area contributed by atoms with Crippen molar-refractivity contribution in [3.63, 3.8) is 0 Å². The Morgan fingerprint density at radius 3 is 2.67 bits per heavy atom. The van der Waals surface area contributed by atoms with E-state index in [4.69, 9.17) is 4.74 Å². The number of nitrogens with zero attached hydrogens (tertiary/aromatic N) is 1. The van der Waals surface area contributed by atoms with Crippen LogP contribution in [0.4, 0.5) is 18.0 Å². The van der Waals surface area contributed by atoms with Gasteiger partial charge in [-0.15, -0.1) is 0 Å². The summed E-state index contributed by atoms with van der Waals surface area (Å²) in [5, 5.41) is 2.40. The minimum Gasteiger partial charge on any atom is -0.445 e. The van der Waals surface area contributed by atoms with Gasteiger partial charge in [0, 0.05) is 11.8 Å². The molecule has 0 radical (unpaired) electrons. The highest BCUT2D eigenvalue weighted by Crippen LogP contribution is 2.27. The number of pyridine rings is 1. The second-order valence-electron chi connectivity index (χ2n) is 4.64. The minimum absolute atomic E-state index is 0.0443. The number of hydrogen-bond acceptors (Lipinski definition) is 3. The lowest BCUT2D eigenvalue weighted by Crippen LogP contribution is -2.24. The molecule has 0 spiro atoms. The van der Waals surface area contributed by atoms with Gasteiger partial charge < -0.3 is 10.1 Å². The van der Waals surface area contributed by atoms with Gasteiger partial charge in [0.2, 0.25) is 0 Å². The van der Waals surface area contributed by atoms with E-state index >= 15 is 0 Å². The Morgan fingerprint density at radius 1 is 1.21 bits per heavy atom. The average molecular weight is 334 g/mol. The molecule has 0 aliphatic heterocycles. The second-order valence-corrected chi connectivity index (χ2v) is 4.64. The number of ether oxygens (including phenoxy) is 1. The predicted octanol–water partition coefficient (Wildman–Crippen LogP) is 3.38. The number of alkyl carbamates (subject to hydrolysis) is 1. The third-order valence-corrected chi connectivity index (χ3v) is 2.82. The molecule has 0 atom stereocenters. The predicted molar refractivity (Wildman–Crippen MR) is 80.7 cm³/mol. The summed E-state index contributed by atoms with van der Waals surface area (Å²) in [7, 11) is 0. The summed E-state index contributed by atoms with van der Waals surface area (Å²) >= 11 is 0. The molecule has 1 N–H and O–H groups in total. The molecule has 0 bridgehead atoms. The van der Waals surface area contributed by atoms with Gasteiger partial charge in [0.1, 0.15) is 12.3 Å². The maximum atomic E-state index is 12.5. The largest absolute Gasteiger partial charge is 0.445 e. The number of halogens is 3. The molecule has 124 valence electrons. The summed E-state index contributed by atoms with van der Waals surface area (Å²) < 4.78 is 42.5. The summed E-state index contributed by atoms with van der Waals surface area (Å²) in [6, 6.07) is 11.3. The molecule has 0 fully saturated rings. The highest BCUT2D eigenvalue weighted by Gasteiger charge is 2.32. The van der Waals surface area contributed by atoms with Gasteiger partial charge in [-0.2, -0.15) is 13.2 Å². The molecule has 0 aliphatic rings. The van der Waals surface area contributed by atoms with Crippen molar-refractivity contribution in [2.24, 2.45) is 0 Å². The van der Waals surface area contributed by atoms with Crippen LogP contribution in [0.3, 0.4) is 0 Å². The summed E-state index contributed by atoms with van der Waals surface area (Å²) in [5.41, 5.74) is -0.00323. The van der Waals surface area contributed by atoms with Crippen molar-refractivity contribution in [3.8, 4) is 11.8 Å². The van der Waals surface area contributed by atoms with E-state index in [1.807, 2.05) is 30.3 Å². The van der Waals surface area contributed by atoms with Gasteiger partial charge in [0.15, 0.2) is 0 Å². The number of amides is 1. The molecule has 24 heavy (non-hydrogen) atoms. The van der Waals surface area contributed by atoms with Crippen molar-refractivity contribution < 1.29 is 22.7 Å². The van der Waals surface area contributed by atoms with Gasteiger partial charge in [0.05, 0.1) is 6.54 Å². The zero-order valence-corrected chi connectivity index (χ0v) is 12.4. The number of alkyl halides is 3. The highest BCUT2D eigenvalue weighted by atomic mass is 19.4. The third-order valence-electron chi connectivity index (χ3n) is 2.82. The molecule has 1 aromatic carbocycles. The topological polar surface area (TPSA) is 51.2 Å². The maximum Gasteiger partial charge on any atom is 0.433 e. The Hall–Kier alpha value is -3.01. The molecule has 1 heterocycles. The van der Waals surface area contributed by atoms with E-state index in [1.165, 1.54) is 6.07 Å². The number of hydrogen-bond donors (Lipinski definition) is 1. The lowest BCUT2D eigenvalue weighted by atomic mass is 10.2. The SMILES string of the molecule is O=C(NCC#Cc1ccnc(C(F)(F)F)c1)OCc1ccccc1. The molecular weight excluding hydrogens is 321 g/mol. The van der Waals surface area contributed by atoms with Gasteiger partial charge in [-0.3, -0.25) is 4.98 Å². The summed E-state index contributed by atoms with van der Waals surface area (Å²) in [4.78, 5) is 14.7. The zero-order chi connectivity index (χ0) is 17.4. The van der Waals surface area contributed by atoms with Crippen molar-refractivity contribution in [1.82, 2.24) is 10.3 Å². The number of carbonyl (C=O) groups excluding carboxylic acids is 1. The second kappa shape index (κ2) is 8.02. The van der Waals surface area contributed by atoms with Crippen molar-refractivity contribution in [1.29, 1.82) is 0 Å². The Bertz CT molecular complexity index is 750. The van der Waals surface area contributed by atoms with Crippen molar-refractivity contribution in [2.45, 2.75) is 12.8 Å². The van der Waals surface area contributed by atoms with Crippen LogP contribution in [0.15, 0.2) is 48.7 Å². The van der Waals surface area contributed by atoms with Crippen molar-refractivity contribution >= 4 is 6.09 Å². The summed E-state index contributed by atoms with van der Waals surface area (Å²) in [5.74, 6) is 5.08. The number of nitrogens with one attached hydrogen (secondary N) is 1. The van der Waals surface area contributed by atoms with Gasteiger partial charge in [-0.1, -0.05) is 42.2 Å². The van der Waals surface area contributed by atoms with Crippen molar-refractivity contribution in [3.05, 3.63) is 65.5 Å². The van der Waals surface area contributed by atoms with Crippen LogP contribution in [-0.4, -0.2) is 17.6 Å². The standard InChI is InChI=1S/C17H13F3N2O2/c18-17(19,20)15-11-13(8-10-21-15)7-4-9-22-16(23)24-12-14-5-2-1-3-6-14/h1-3,5-6,8,10-11H,9,12H2,(H,22,23). The maximum absolute atomic E-state index is 12.5. The van der Waals surface area contributed by atoms with E-state index in [1.54, 1.807) is 0 Å². The van der Waals surface area contributed by atoms with E-state index < -0.39 is 18.0 Å². The first-order chi connectivity index (χ1) is 11.4. The van der Waals surface area contributed by atoms with Crippen LogP contribution >= 0.6 is 0 Å². The molecule has 7 heteroatoms. The molecule has 1 amide bonds. The van der Waals surface area contributed by atoms with Gasteiger partial charge in [0.25, 0.3) is 0 Å². The summed E-state index contributed by atoms with van der Waals surface area (Å²) in [6.07, 6.45) is -4.13. The quantitative estimate of drug-likeness (QED) is 0.876. The molecule has 1 aromatic heterocycles. The monoisotopic (exact) mass is 334 g/mol. The van der Waals surface area contributed by atoms with Crippen molar-refractivity contribution in [2.75, 3.05) is 6.54 Å². The number of aromatic nitrogens is 1. The van der Waals surface area contributed by atoms with Crippen LogP contribution in [-0.2, 0) is 17.5 Å². The Balaban J connectivity index is 1.80. The zero-order valence-electron chi connectivity index (χ0n) is 12.4. The first kappa shape index (κ1) is 17.3. The van der Waals surface area contributed by atoms with Crippen LogP contribution in [0, 0.1) is 11.8 Å². The first-order valence-corrected chi connectivity index (χ1v) is 6.92. The molecule has 0 saturated heterocycles. The fourth-order valence-corrected chi connectivity index (χ4v) is 1.70. The van der Waals surface area contributed by atoms with Crippen LogP contribution in [0.25, 0.3) is 0 Å². The van der Waals surface area contributed by atoms with E-state index in [9.17, 15) is 18.0 Å². The van der Waals surface area contributed by atoms with Gasteiger partial charge in [-0.05, 0) is 17.7 Å². The number of benzene rings is 1. The fraction of sp³-hybridized carbons (Fsp3) is 0.176. The molecular formula is C17H13F3N2O2. The van der Waals surface area contributed by atoms with E-state index in [-0.39, 0.29) is 18.7 Å². The average Bonchev–Trinajstić information content (AvgIpc) is 2.57. The highest BCUT2D eigenvalue weighted by molar-refractivity contribution is 5.67. The number of carbonyl (C=O) groups is 1. The Kier molecular flexibility index (Phi) is 5.79. The molecule has 0 unspecified atom stereocenters. The Morgan fingerprint density at radius 2 is 1.96 bits per heavy atom. The fourth-order valence-electron chi connectivity index (χ4n) is 1.70. The molecule has 0 saturated carbocycles. The minimum atomic E-state index is -4.52. The van der Waals surface area contributed by atoms with E-state index in [2.05, 4.69) is 22.1 Å². The lowest BCUT2D eigenvalue weighted by Gasteiger charge is -2.05. The first-order valence-electron chi connectivity index (χ1n) is 6.92. The summed E-state index contributed by atoms with van der Waals surface area (Å²) in [6.45, 7) is 0.0801. The van der Waals surface area contributed by atoms with Crippen LogP contribution in [0.5, 0.6) is 0 Å². The molecule has 0 aliphatic carbocycles. The number of rotatable bonds is 3. The van der Waals surface area contributed by atoms with Gasteiger partial charge in [-0.25, -0.2) is 4.79 Å². The smallest absolute Gasteiger partial charge is 0.433 e. The van der Waals surface area contributed by atoms with Crippen LogP contribution < -0.4 is 5.32 Å². The lowest BCUT2D eigenvalue weighted by molar-refractivity contribution is -0.141. The van der Waals surface area contributed by atoms with E-state index in [0.29, 0.717) is 0 Å². The Labute approximate surface area is 136 Å². The molecule has 2 aromatic rings. The molecule has 4 nitrogen and oxygen atoms in total. The van der Waals surface area contributed by atoms with Gasteiger partial charge >= 0.3 is 12.3 Å². The van der Waals surface area contributed by atoms with Crippen LogP contribution in [0.1, 0.15) is 16.8 Å². The van der Waals surface area contributed by atoms with Crippen LogP contribution in [0.2, 0.25) is 0 Å². The normalized spacial score (nSPS) is 10.5. The van der Waals surface area contributed by atoms with E-state index in [0.717, 1.165) is 17.8 Å². The third kappa shape index (κ3) is 5.65.